The first kappa shape index (κ1) is 12.9. The number of hydrogen-bond donors (Lipinski definition) is 0. The second kappa shape index (κ2) is 4.29. The molecular formula is C9H6ClF2N3O2S. The maximum atomic E-state index is 13.5. The fourth-order valence-corrected chi connectivity index (χ4v) is 2.41. The van der Waals surface area contributed by atoms with Crippen molar-refractivity contribution in [1.29, 1.82) is 0 Å². The molecule has 18 heavy (non-hydrogen) atoms. The second-order valence-electron chi connectivity index (χ2n) is 3.40. The second-order valence-corrected chi connectivity index (χ2v) is 5.86. The van der Waals surface area contributed by atoms with Crippen molar-refractivity contribution in [2.45, 2.75) is 5.16 Å². The fourth-order valence-electron chi connectivity index (χ4n) is 1.46. The fraction of sp³-hybridized carbons (Fsp3) is 0.111. The minimum Gasteiger partial charge on any atom is -0.300 e. The molecule has 0 aliphatic carbocycles. The maximum absolute atomic E-state index is 13.5. The highest BCUT2D eigenvalue weighted by Gasteiger charge is 2.24. The van der Waals surface area contributed by atoms with Gasteiger partial charge >= 0.3 is 0 Å². The van der Waals surface area contributed by atoms with Crippen molar-refractivity contribution < 1.29 is 17.2 Å². The molecule has 0 amide bonds. The molecule has 0 unspecified atom stereocenters. The summed E-state index contributed by atoms with van der Waals surface area (Å²) >= 11 is 0. The smallest absolute Gasteiger partial charge is 0.296 e. The average Bonchev–Trinajstić information content (AvgIpc) is 2.60. The Hall–Kier alpha value is -1.54. The predicted octanol–water partition coefficient (Wildman–Crippen LogP) is 1.69. The zero-order valence-corrected chi connectivity index (χ0v) is 10.5. The van der Waals surface area contributed by atoms with Crippen molar-refractivity contribution in [1.82, 2.24) is 14.8 Å². The minimum atomic E-state index is -4.13. The van der Waals surface area contributed by atoms with Crippen LogP contribution in [0, 0.1) is 11.6 Å². The van der Waals surface area contributed by atoms with E-state index in [-0.39, 0.29) is 5.82 Å². The number of hydrogen-bond acceptors (Lipinski definition) is 4. The van der Waals surface area contributed by atoms with Crippen LogP contribution in [0.5, 0.6) is 0 Å². The van der Waals surface area contributed by atoms with Crippen LogP contribution in [0.15, 0.2) is 23.4 Å². The third-order valence-corrected chi connectivity index (χ3v) is 3.45. The molecule has 0 aliphatic heterocycles. The monoisotopic (exact) mass is 293 g/mol. The molecule has 0 bridgehead atoms. The molecule has 1 heterocycles. The van der Waals surface area contributed by atoms with Crippen molar-refractivity contribution in [3.05, 3.63) is 29.8 Å². The van der Waals surface area contributed by atoms with E-state index < -0.39 is 31.4 Å². The predicted molar refractivity (Wildman–Crippen MR) is 59.4 cm³/mol. The van der Waals surface area contributed by atoms with Gasteiger partial charge in [0.25, 0.3) is 14.2 Å². The van der Waals surface area contributed by atoms with E-state index in [9.17, 15) is 17.2 Å². The van der Waals surface area contributed by atoms with Crippen molar-refractivity contribution in [3.8, 4) is 11.4 Å². The van der Waals surface area contributed by atoms with Gasteiger partial charge in [-0.15, -0.1) is 10.2 Å². The highest BCUT2D eigenvalue weighted by atomic mass is 35.7. The molecule has 0 saturated heterocycles. The first-order valence-electron chi connectivity index (χ1n) is 4.61. The summed E-state index contributed by atoms with van der Waals surface area (Å²) in [6.07, 6.45) is 0. The molecule has 0 N–H and O–H groups in total. The third-order valence-electron chi connectivity index (χ3n) is 2.24. The number of rotatable bonds is 2. The Morgan fingerprint density at radius 1 is 1.22 bits per heavy atom. The van der Waals surface area contributed by atoms with Crippen LogP contribution in [0.25, 0.3) is 11.4 Å². The maximum Gasteiger partial charge on any atom is 0.296 e. The van der Waals surface area contributed by atoms with Gasteiger partial charge < -0.3 is 0 Å². The molecule has 2 aromatic rings. The summed E-state index contributed by atoms with van der Waals surface area (Å²) in [6.45, 7) is 0. The first-order chi connectivity index (χ1) is 8.32. The van der Waals surface area contributed by atoms with Gasteiger partial charge in [-0.25, -0.2) is 17.2 Å². The Balaban J connectivity index is 2.71. The van der Waals surface area contributed by atoms with Crippen LogP contribution in [0.2, 0.25) is 0 Å². The summed E-state index contributed by atoms with van der Waals surface area (Å²) < 4.78 is 50.2. The summed E-state index contributed by atoms with van der Waals surface area (Å²) in [7, 11) is 2.22. The molecule has 1 aromatic carbocycles. The van der Waals surface area contributed by atoms with Crippen molar-refractivity contribution in [2.75, 3.05) is 0 Å². The Kier molecular flexibility index (Phi) is 3.07. The van der Waals surface area contributed by atoms with Crippen LogP contribution in [0.3, 0.4) is 0 Å². The number of benzene rings is 1. The lowest BCUT2D eigenvalue weighted by Crippen LogP contribution is -2.04. The first-order valence-corrected chi connectivity index (χ1v) is 6.91. The minimum absolute atomic E-state index is 0.259. The van der Waals surface area contributed by atoms with Gasteiger partial charge in [0.2, 0.25) is 0 Å². The molecule has 0 saturated carbocycles. The number of halogens is 3. The molecule has 1 aromatic heterocycles. The van der Waals surface area contributed by atoms with Crippen molar-refractivity contribution >= 4 is 19.7 Å². The number of nitrogens with zero attached hydrogens (tertiary/aromatic N) is 3. The van der Waals surface area contributed by atoms with Gasteiger partial charge in [-0.3, -0.25) is 4.57 Å². The van der Waals surface area contributed by atoms with E-state index >= 15 is 0 Å². The zero-order chi connectivity index (χ0) is 13.5. The molecule has 9 heteroatoms. The van der Waals surface area contributed by atoms with E-state index in [2.05, 4.69) is 10.2 Å². The van der Waals surface area contributed by atoms with Gasteiger partial charge in [0.15, 0.2) is 5.82 Å². The van der Waals surface area contributed by atoms with E-state index in [1.807, 2.05) is 0 Å². The van der Waals surface area contributed by atoms with E-state index in [0.29, 0.717) is 0 Å². The van der Waals surface area contributed by atoms with Crippen LogP contribution in [0.1, 0.15) is 0 Å². The normalized spacial score (nSPS) is 11.8. The quantitative estimate of drug-likeness (QED) is 0.790. The highest BCUT2D eigenvalue weighted by Crippen LogP contribution is 2.26. The molecule has 0 spiro atoms. The summed E-state index contributed by atoms with van der Waals surface area (Å²) in [5.74, 6) is -2.00. The summed E-state index contributed by atoms with van der Waals surface area (Å²) in [5.41, 5.74) is -0.459. The van der Waals surface area contributed by atoms with Crippen LogP contribution < -0.4 is 0 Å². The average molecular weight is 294 g/mol. The molecule has 2 rings (SSSR count). The molecule has 0 atom stereocenters. The van der Waals surface area contributed by atoms with Gasteiger partial charge in [-0.2, -0.15) is 0 Å². The van der Waals surface area contributed by atoms with Crippen LogP contribution in [-0.2, 0) is 16.1 Å². The summed E-state index contributed by atoms with van der Waals surface area (Å²) in [6, 6.07) is 3.24. The lowest BCUT2D eigenvalue weighted by atomic mass is 10.2. The largest absolute Gasteiger partial charge is 0.300 e. The molecule has 0 radical (unpaired) electrons. The topological polar surface area (TPSA) is 64.8 Å². The van der Waals surface area contributed by atoms with Gasteiger partial charge in [-0.05, 0) is 12.1 Å². The standard InChI is InChI=1S/C9H6ClF2N3O2S/c1-15-8(13-14-9(15)18(10,16)17)7-5(11)3-2-4-6(7)12/h2-4H,1H3. The Morgan fingerprint density at radius 2 is 1.78 bits per heavy atom. The summed E-state index contributed by atoms with van der Waals surface area (Å²) in [5, 5.41) is 6.17. The zero-order valence-electron chi connectivity index (χ0n) is 8.93. The molecule has 96 valence electrons. The lowest BCUT2D eigenvalue weighted by molar-refractivity contribution is 0.581. The Bertz CT molecular complexity index is 694. The molecule has 0 fully saturated rings. The third kappa shape index (κ3) is 2.08. The van der Waals surface area contributed by atoms with Crippen molar-refractivity contribution in [2.24, 2.45) is 7.05 Å². The molecular weight excluding hydrogens is 288 g/mol. The van der Waals surface area contributed by atoms with Crippen LogP contribution >= 0.6 is 10.7 Å². The van der Waals surface area contributed by atoms with Crippen LogP contribution in [-0.4, -0.2) is 23.2 Å². The van der Waals surface area contributed by atoms with E-state index in [1.165, 1.54) is 13.1 Å². The van der Waals surface area contributed by atoms with E-state index in [0.717, 1.165) is 16.7 Å². The molecule has 0 aliphatic rings. The molecule has 5 nitrogen and oxygen atoms in total. The van der Waals surface area contributed by atoms with E-state index in [4.69, 9.17) is 10.7 Å². The lowest BCUT2D eigenvalue weighted by Gasteiger charge is -2.04. The van der Waals surface area contributed by atoms with E-state index in [1.54, 1.807) is 0 Å². The van der Waals surface area contributed by atoms with Gasteiger partial charge in [0.05, 0.1) is 5.56 Å². The van der Waals surface area contributed by atoms with Gasteiger partial charge in [0, 0.05) is 17.7 Å². The van der Waals surface area contributed by atoms with Gasteiger partial charge in [-0.1, -0.05) is 6.07 Å². The highest BCUT2D eigenvalue weighted by molar-refractivity contribution is 8.13. The Morgan fingerprint density at radius 3 is 2.22 bits per heavy atom. The Labute approximate surface area is 105 Å². The van der Waals surface area contributed by atoms with Crippen LogP contribution in [0.4, 0.5) is 8.78 Å². The van der Waals surface area contributed by atoms with Crippen molar-refractivity contribution in [3.63, 3.8) is 0 Å². The van der Waals surface area contributed by atoms with Gasteiger partial charge in [0.1, 0.15) is 11.6 Å². The summed E-state index contributed by atoms with van der Waals surface area (Å²) in [4.78, 5) is 0. The SMILES string of the molecule is Cn1c(-c2c(F)cccc2F)nnc1S(=O)(=O)Cl. The number of aromatic nitrogens is 3.